The van der Waals surface area contributed by atoms with Gasteiger partial charge in [-0.25, -0.2) is 0 Å². The highest BCUT2D eigenvalue weighted by Crippen LogP contribution is 2.24. The van der Waals surface area contributed by atoms with Gasteiger partial charge in [-0.15, -0.1) is 0 Å². The summed E-state index contributed by atoms with van der Waals surface area (Å²) in [6, 6.07) is 6.22. The van der Waals surface area contributed by atoms with Crippen molar-refractivity contribution in [1.82, 2.24) is 4.90 Å². The third-order valence-electron chi connectivity index (χ3n) is 3.65. The van der Waals surface area contributed by atoms with E-state index in [0.717, 1.165) is 5.75 Å². The Morgan fingerprint density at radius 1 is 1.15 bits per heavy atom. The monoisotopic (exact) mass is 277 g/mol. The summed E-state index contributed by atoms with van der Waals surface area (Å²) in [4.78, 5) is 13.9. The maximum atomic E-state index is 12.1. The largest absolute Gasteiger partial charge is 0.481 e. The van der Waals surface area contributed by atoms with Crippen LogP contribution in [0.2, 0.25) is 0 Å². The third kappa shape index (κ3) is 3.99. The Morgan fingerprint density at radius 3 is 2.20 bits per heavy atom. The van der Waals surface area contributed by atoms with Gasteiger partial charge in [0.2, 0.25) is 0 Å². The number of benzene rings is 1. The van der Waals surface area contributed by atoms with Crippen molar-refractivity contribution in [3.05, 3.63) is 29.3 Å². The Bertz CT molecular complexity index is 466. The molecule has 1 rings (SSSR count). The van der Waals surface area contributed by atoms with Crippen LogP contribution in [0, 0.1) is 6.92 Å². The van der Waals surface area contributed by atoms with Crippen LogP contribution in [0.4, 0.5) is 0 Å². The van der Waals surface area contributed by atoms with Gasteiger partial charge in [0.1, 0.15) is 5.75 Å². The Morgan fingerprint density at radius 2 is 1.75 bits per heavy atom. The molecule has 0 aliphatic carbocycles. The Labute approximate surface area is 122 Å². The average molecular weight is 277 g/mol. The zero-order valence-electron chi connectivity index (χ0n) is 13.7. The zero-order valence-corrected chi connectivity index (χ0v) is 13.7. The summed E-state index contributed by atoms with van der Waals surface area (Å²) in [7, 11) is 1.81. The van der Waals surface area contributed by atoms with Gasteiger partial charge in [0, 0.05) is 13.1 Å². The summed E-state index contributed by atoms with van der Waals surface area (Å²) in [5.74, 6) is 1.26. The van der Waals surface area contributed by atoms with Crippen molar-refractivity contribution in [2.45, 2.75) is 59.6 Å². The van der Waals surface area contributed by atoms with E-state index in [2.05, 4.69) is 26.8 Å². The quantitative estimate of drug-likeness (QED) is 0.820. The molecule has 0 fully saturated rings. The van der Waals surface area contributed by atoms with Gasteiger partial charge in [-0.2, -0.15) is 0 Å². The second-order valence-electron chi connectivity index (χ2n) is 5.98. The first-order chi connectivity index (χ1) is 9.23. The number of hydrogen-bond donors (Lipinski definition) is 0. The molecule has 0 aliphatic heterocycles. The van der Waals surface area contributed by atoms with Crippen LogP contribution >= 0.6 is 0 Å². The van der Waals surface area contributed by atoms with Gasteiger partial charge in [-0.3, -0.25) is 4.79 Å². The lowest BCUT2D eigenvalue weighted by Crippen LogP contribution is -2.41. The smallest absolute Gasteiger partial charge is 0.263 e. The van der Waals surface area contributed by atoms with Crippen LogP contribution in [-0.2, 0) is 4.79 Å². The van der Waals surface area contributed by atoms with Crippen molar-refractivity contribution in [2.24, 2.45) is 0 Å². The van der Waals surface area contributed by atoms with E-state index in [0.29, 0.717) is 5.92 Å². The molecule has 3 heteroatoms. The van der Waals surface area contributed by atoms with Gasteiger partial charge in [-0.05, 0) is 56.9 Å². The lowest BCUT2D eigenvalue weighted by Gasteiger charge is -2.25. The molecule has 20 heavy (non-hydrogen) atoms. The fourth-order valence-electron chi connectivity index (χ4n) is 2.17. The van der Waals surface area contributed by atoms with Gasteiger partial charge >= 0.3 is 0 Å². The summed E-state index contributed by atoms with van der Waals surface area (Å²) in [5, 5.41) is 0. The summed E-state index contributed by atoms with van der Waals surface area (Å²) in [6.07, 6.45) is -0.466. The van der Waals surface area contributed by atoms with Gasteiger partial charge in [0.05, 0.1) is 0 Å². The molecule has 0 bridgehead atoms. The second-order valence-corrected chi connectivity index (χ2v) is 5.98. The predicted molar refractivity (Wildman–Crippen MR) is 83.3 cm³/mol. The van der Waals surface area contributed by atoms with Crippen molar-refractivity contribution < 1.29 is 9.53 Å². The number of aryl methyl sites for hydroxylation is 1. The van der Waals surface area contributed by atoms with Crippen LogP contribution < -0.4 is 4.74 Å². The first-order valence-corrected chi connectivity index (χ1v) is 7.28. The van der Waals surface area contributed by atoms with Crippen molar-refractivity contribution in [3.8, 4) is 5.75 Å². The first kappa shape index (κ1) is 16.5. The van der Waals surface area contributed by atoms with Crippen LogP contribution in [0.5, 0.6) is 5.75 Å². The topological polar surface area (TPSA) is 29.5 Å². The lowest BCUT2D eigenvalue weighted by molar-refractivity contribution is -0.138. The summed E-state index contributed by atoms with van der Waals surface area (Å²) in [5.41, 5.74) is 2.52. The normalized spacial score (nSPS) is 12.7. The number of rotatable bonds is 5. The number of ether oxygens (including phenoxy) is 1. The molecule has 0 heterocycles. The van der Waals surface area contributed by atoms with E-state index < -0.39 is 6.10 Å². The zero-order chi connectivity index (χ0) is 15.4. The highest BCUT2D eigenvalue weighted by Gasteiger charge is 2.21. The SMILES string of the molecule is Cc1cc(OC(C)C(=O)N(C)C(C)C)ccc1C(C)C. The molecule has 0 aliphatic rings. The molecule has 3 nitrogen and oxygen atoms in total. The highest BCUT2D eigenvalue weighted by atomic mass is 16.5. The van der Waals surface area contributed by atoms with Gasteiger partial charge in [0.25, 0.3) is 5.91 Å². The molecule has 1 atom stereocenters. The van der Waals surface area contributed by atoms with E-state index in [1.165, 1.54) is 11.1 Å². The van der Waals surface area contributed by atoms with E-state index in [4.69, 9.17) is 4.74 Å². The number of hydrogen-bond acceptors (Lipinski definition) is 2. The second kappa shape index (κ2) is 6.78. The van der Waals surface area contributed by atoms with Crippen molar-refractivity contribution >= 4 is 5.91 Å². The predicted octanol–water partition coefficient (Wildman–Crippen LogP) is 3.75. The molecular weight excluding hydrogens is 250 g/mol. The fraction of sp³-hybridized carbons (Fsp3) is 0.588. The Kier molecular flexibility index (Phi) is 5.61. The van der Waals surface area contributed by atoms with Crippen LogP contribution in [0.15, 0.2) is 18.2 Å². The van der Waals surface area contributed by atoms with Gasteiger partial charge in [-0.1, -0.05) is 19.9 Å². The van der Waals surface area contributed by atoms with Crippen LogP contribution in [-0.4, -0.2) is 30.0 Å². The molecule has 0 saturated heterocycles. The molecule has 1 aromatic carbocycles. The molecular formula is C17H27NO2. The molecule has 1 unspecified atom stereocenters. The molecule has 0 N–H and O–H groups in total. The minimum absolute atomic E-state index is 0.00518. The number of carbonyl (C=O) groups is 1. The number of nitrogens with zero attached hydrogens (tertiary/aromatic N) is 1. The molecule has 0 aromatic heterocycles. The maximum absolute atomic E-state index is 12.1. The van der Waals surface area contributed by atoms with Crippen LogP contribution in [0.3, 0.4) is 0 Å². The van der Waals surface area contributed by atoms with Crippen LogP contribution in [0.1, 0.15) is 51.7 Å². The minimum Gasteiger partial charge on any atom is -0.481 e. The van der Waals surface area contributed by atoms with Crippen molar-refractivity contribution in [3.63, 3.8) is 0 Å². The van der Waals surface area contributed by atoms with E-state index in [1.54, 1.807) is 18.9 Å². The summed E-state index contributed by atoms with van der Waals surface area (Å²) >= 11 is 0. The summed E-state index contributed by atoms with van der Waals surface area (Å²) < 4.78 is 5.77. The number of amides is 1. The van der Waals surface area contributed by atoms with Gasteiger partial charge in [0.15, 0.2) is 6.10 Å². The van der Waals surface area contributed by atoms with Gasteiger partial charge < -0.3 is 9.64 Å². The molecule has 0 spiro atoms. The number of likely N-dealkylation sites (N-methyl/N-ethyl adjacent to an activating group) is 1. The van der Waals surface area contributed by atoms with E-state index >= 15 is 0 Å². The first-order valence-electron chi connectivity index (χ1n) is 7.28. The van der Waals surface area contributed by atoms with Crippen LogP contribution in [0.25, 0.3) is 0 Å². The number of carbonyl (C=O) groups excluding carboxylic acids is 1. The fourth-order valence-corrected chi connectivity index (χ4v) is 2.17. The Hall–Kier alpha value is -1.51. The molecule has 1 aromatic rings. The maximum Gasteiger partial charge on any atom is 0.263 e. The Balaban J connectivity index is 2.79. The third-order valence-corrected chi connectivity index (χ3v) is 3.65. The molecule has 112 valence electrons. The van der Waals surface area contributed by atoms with Crippen molar-refractivity contribution in [2.75, 3.05) is 7.05 Å². The highest BCUT2D eigenvalue weighted by molar-refractivity contribution is 5.80. The van der Waals surface area contributed by atoms with E-state index in [-0.39, 0.29) is 11.9 Å². The molecule has 1 amide bonds. The summed E-state index contributed by atoms with van der Waals surface area (Å²) in [6.45, 7) is 12.2. The van der Waals surface area contributed by atoms with E-state index in [9.17, 15) is 4.79 Å². The average Bonchev–Trinajstić information content (AvgIpc) is 2.36. The van der Waals surface area contributed by atoms with Crippen molar-refractivity contribution in [1.29, 1.82) is 0 Å². The molecule has 0 saturated carbocycles. The van der Waals surface area contributed by atoms with E-state index in [1.807, 2.05) is 26.0 Å². The lowest BCUT2D eigenvalue weighted by atomic mass is 9.98. The minimum atomic E-state index is -0.466. The molecule has 0 radical (unpaired) electrons. The standard InChI is InChI=1S/C17H27NO2/c1-11(2)16-9-8-15(10-13(16)5)20-14(6)17(19)18(7)12(3)4/h8-12,14H,1-7H3.